The molecule has 0 spiro atoms. The van der Waals surface area contributed by atoms with Crippen LogP contribution in [0.5, 0.6) is 0 Å². The molecule has 1 unspecified atom stereocenters. The van der Waals surface area contributed by atoms with Gasteiger partial charge in [-0.2, -0.15) is 0 Å². The molecular formula is C13H29NO. The third kappa shape index (κ3) is 10.2. The van der Waals surface area contributed by atoms with Gasteiger partial charge in [-0.25, -0.2) is 0 Å². The van der Waals surface area contributed by atoms with E-state index in [9.17, 15) is 0 Å². The van der Waals surface area contributed by atoms with E-state index in [4.69, 9.17) is 4.74 Å². The van der Waals surface area contributed by atoms with Gasteiger partial charge in [0, 0.05) is 19.2 Å². The minimum atomic E-state index is 0.399. The lowest BCUT2D eigenvalue weighted by Gasteiger charge is -2.20. The van der Waals surface area contributed by atoms with Gasteiger partial charge in [0.25, 0.3) is 0 Å². The molecule has 0 aliphatic rings. The molecule has 0 heterocycles. The van der Waals surface area contributed by atoms with E-state index in [-0.39, 0.29) is 0 Å². The van der Waals surface area contributed by atoms with Crippen molar-refractivity contribution in [3.63, 3.8) is 0 Å². The molecule has 0 aromatic rings. The molecule has 0 rings (SSSR count). The molecule has 0 saturated heterocycles. The summed E-state index contributed by atoms with van der Waals surface area (Å²) in [5.74, 6) is 0.741. The molecule has 0 aliphatic heterocycles. The Morgan fingerprint density at radius 1 is 1.07 bits per heavy atom. The van der Waals surface area contributed by atoms with Crippen LogP contribution in [0, 0.1) is 5.92 Å². The van der Waals surface area contributed by atoms with E-state index in [1.54, 1.807) is 0 Å². The SMILES string of the molecule is CCCC(CNC(C)C)OCCC(C)C. The maximum Gasteiger partial charge on any atom is 0.0699 e. The lowest BCUT2D eigenvalue weighted by Crippen LogP contribution is -2.33. The van der Waals surface area contributed by atoms with Crippen LogP contribution >= 0.6 is 0 Å². The molecule has 0 fully saturated rings. The lowest BCUT2D eigenvalue weighted by atomic mass is 10.1. The Morgan fingerprint density at radius 2 is 1.73 bits per heavy atom. The summed E-state index contributed by atoms with van der Waals surface area (Å²) in [7, 11) is 0. The standard InChI is InChI=1S/C13H29NO/c1-6-7-13(10-14-12(4)5)15-9-8-11(2)3/h11-14H,6-10H2,1-5H3. The second-order valence-corrected chi connectivity index (χ2v) is 5.03. The van der Waals surface area contributed by atoms with Crippen molar-refractivity contribution in [3.8, 4) is 0 Å². The van der Waals surface area contributed by atoms with Crippen LogP contribution in [0.3, 0.4) is 0 Å². The smallest absolute Gasteiger partial charge is 0.0699 e. The maximum atomic E-state index is 5.88. The van der Waals surface area contributed by atoms with Crippen LogP contribution in [0.1, 0.15) is 53.9 Å². The van der Waals surface area contributed by atoms with Crippen LogP contribution in [-0.2, 0) is 4.74 Å². The minimum Gasteiger partial charge on any atom is -0.377 e. The van der Waals surface area contributed by atoms with E-state index in [1.165, 1.54) is 12.8 Å². The highest BCUT2D eigenvalue weighted by Crippen LogP contribution is 2.05. The number of nitrogens with one attached hydrogen (secondary N) is 1. The molecule has 0 aliphatic carbocycles. The van der Waals surface area contributed by atoms with E-state index < -0.39 is 0 Å². The fraction of sp³-hybridized carbons (Fsp3) is 1.00. The average Bonchev–Trinajstić information content (AvgIpc) is 2.13. The van der Waals surface area contributed by atoms with Crippen molar-refractivity contribution in [1.29, 1.82) is 0 Å². The molecule has 2 heteroatoms. The van der Waals surface area contributed by atoms with Crippen LogP contribution in [0.15, 0.2) is 0 Å². The summed E-state index contributed by atoms with van der Waals surface area (Å²) in [6, 6.07) is 0.554. The number of ether oxygens (including phenoxy) is 1. The topological polar surface area (TPSA) is 21.3 Å². The van der Waals surface area contributed by atoms with Gasteiger partial charge in [-0.15, -0.1) is 0 Å². The first-order valence-corrected chi connectivity index (χ1v) is 6.41. The number of hydrogen-bond acceptors (Lipinski definition) is 2. The molecule has 15 heavy (non-hydrogen) atoms. The van der Waals surface area contributed by atoms with Gasteiger partial charge in [0.2, 0.25) is 0 Å². The summed E-state index contributed by atoms with van der Waals surface area (Å²) < 4.78 is 5.88. The molecule has 0 amide bonds. The van der Waals surface area contributed by atoms with Crippen LogP contribution in [0.25, 0.3) is 0 Å². The monoisotopic (exact) mass is 215 g/mol. The molecule has 1 atom stereocenters. The van der Waals surface area contributed by atoms with Crippen molar-refractivity contribution in [2.45, 2.75) is 66.0 Å². The van der Waals surface area contributed by atoms with Crippen molar-refractivity contribution >= 4 is 0 Å². The van der Waals surface area contributed by atoms with E-state index in [0.29, 0.717) is 12.1 Å². The normalized spacial score (nSPS) is 13.8. The first-order chi connectivity index (χ1) is 7.06. The van der Waals surface area contributed by atoms with Crippen molar-refractivity contribution < 1.29 is 4.74 Å². The van der Waals surface area contributed by atoms with Crippen LogP contribution < -0.4 is 5.32 Å². The van der Waals surface area contributed by atoms with Crippen molar-refractivity contribution in [3.05, 3.63) is 0 Å². The molecule has 1 N–H and O–H groups in total. The van der Waals surface area contributed by atoms with Crippen molar-refractivity contribution in [2.24, 2.45) is 5.92 Å². The third-order valence-corrected chi connectivity index (χ3v) is 2.41. The highest BCUT2D eigenvalue weighted by molar-refractivity contribution is 4.63. The zero-order valence-electron chi connectivity index (χ0n) is 11.2. The Kier molecular flexibility index (Phi) is 9.12. The summed E-state index contributed by atoms with van der Waals surface area (Å²) in [5, 5.41) is 3.44. The van der Waals surface area contributed by atoms with Gasteiger partial charge in [0.15, 0.2) is 0 Å². The average molecular weight is 215 g/mol. The summed E-state index contributed by atoms with van der Waals surface area (Å²) in [6.07, 6.45) is 3.93. The summed E-state index contributed by atoms with van der Waals surface area (Å²) in [5.41, 5.74) is 0. The highest BCUT2D eigenvalue weighted by atomic mass is 16.5. The van der Waals surface area contributed by atoms with Crippen molar-refractivity contribution in [1.82, 2.24) is 5.32 Å². The molecule has 0 aromatic heterocycles. The van der Waals surface area contributed by atoms with Gasteiger partial charge in [0.05, 0.1) is 6.10 Å². The Morgan fingerprint density at radius 3 is 2.20 bits per heavy atom. The third-order valence-electron chi connectivity index (χ3n) is 2.41. The molecule has 0 aromatic carbocycles. The molecule has 0 saturated carbocycles. The number of hydrogen-bond donors (Lipinski definition) is 1. The van der Waals surface area contributed by atoms with Gasteiger partial charge in [-0.05, 0) is 18.8 Å². The maximum absolute atomic E-state index is 5.88. The lowest BCUT2D eigenvalue weighted by molar-refractivity contribution is 0.0395. The molecule has 92 valence electrons. The second kappa shape index (κ2) is 9.17. The fourth-order valence-corrected chi connectivity index (χ4v) is 1.40. The molecule has 0 bridgehead atoms. The van der Waals surface area contributed by atoms with Gasteiger partial charge in [0.1, 0.15) is 0 Å². The van der Waals surface area contributed by atoms with Gasteiger partial charge >= 0.3 is 0 Å². The Labute approximate surface area is 95.8 Å². The molecule has 0 radical (unpaired) electrons. The summed E-state index contributed by atoms with van der Waals surface area (Å²) in [6.45, 7) is 12.9. The van der Waals surface area contributed by atoms with Crippen LogP contribution in [0.4, 0.5) is 0 Å². The fourth-order valence-electron chi connectivity index (χ4n) is 1.40. The highest BCUT2D eigenvalue weighted by Gasteiger charge is 2.08. The minimum absolute atomic E-state index is 0.399. The summed E-state index contributed by atoms with van der Waals surface area (Å²) >= 11 is 0. The van der Waals surface area contributed by atoms with E-state index >= 15 is 0 Å². The Hall–Kier alpha value is -0.0800. The zero-order chi connectivity index (χ0) is 11.7. The first-order valence-electron chi connectivity index (χ1n) is 6.41. The summed E-state index contributed by atoms with van der Waals surface area (Å²) in [4.78, 5) is 0. The van der Waals surface area contributed by atoms with Crippen LogP contribution in [-0.4, -0.2) is 25.3 Å². The van der Waals surface area contributed by atoms with E-state index in [1.807, 2.05) is 0 Å². The second-order valence-electron chi connectivity index (χ2n) is 5.03. The predicted molar refractivity (Wildman–Crippen MR) is 67.2 cm³/mol. The van der Waals surface area contributed by atoms with E-state index in [2.05, 4.69) is 39.9 Å². The number of rotatable bonds is 9. The quantitative estimate of drug-likeness (QED) is 0.637. The van der Waals surface area contributed by atoms with E-state index in [0.717, 1.165) is 25.5 Å². The first kappa shape index (κ1) is 14.9. The van der Waals surface area contributed by atoms with Crippen molar-refractivity contribution in [2.75, 3.05) is 13.2 Å². The Bertz CT molecular complexity index is 134. The van der Waals surface area contributed by atoms with Gasteiger partial charge in [-0.3, -0.25) is 0 Å². The predicted octanol–water partition coefficient (Wildman–Crippen LogP) is 3.22. The Balaban J connectivity index is 3.62. The molecule has 2 nitrogen and oxygen atoms in total. The zero-order valence-corrected chi connectivity index (χ0v) is 11.2. The molecular weight excluding hydrogens is 186 g/mol. The largest absolute Gasteiger partial charge is 0.377 e. The van der Waals surface area contributed by atoms with Crippen LogP contribution in [0.2, 0.25) is 0 Å². The van der Waals surface area contributed by atoms with Gasteiger partial charge < -0.3 is 10.1 Å². The van der Waals surface area contributed by atoms with Gasteiger partial charge in [-0.1, -0.05) is 41.0 Å².